The number of hydrogen-bond acceptors (Lipinski definition) is 3. The van der Waals surface area contributed by atoms with Gasteiger partial charge in [0.05, 0.1) is 24.9 Å². The molecule has 4 nitrogen and oxygen atoms in total. The van der Waals surface area contributed by atoms with Crippen molar-refractivity contribution in [1.82, 2.24) is 0 Å². The number of carbonyl (C=O) groups excluding carboxylic acids is 2. The van der Waals surface area contributed by atoms with Crippen molar-refractivity contribution in [2.75, 3.05) is 18.6 Å². The molecule has 2 aromatic carbocycles. The zero-order valence-electron chi connectivity index (χ0n) is 17.9. The Morgan fingerprint density at radius 1 is 1.23 bits per heavy atom. The predicted octanol–water partition coefficient (Wildman–Crippen LogP) is 5.54. The molecule has 0 aromatic heterocycles. The van der Waals surface area contributed by atoms with Gasteiger partial charge in [-0.25, -0.2) is 4.39 Å². The second-order valence-corrected chi connectivity index (χ2v) is 7.98. The van der Waals surface area contributed by atoms with Crippen LogP contribution in [-0.4, -0.2) is 25.3 Å². The van der Waals surface area contributed by atoms with Gasteiger partial charge in [0.15, 0.2) is 5.78 Å². The Bertz CT molecular complexity index is 1080. The molecule has 0 radical (unpaired) electrons. The summed E-state index contributed by atoms with van der Waals surface area (Å²) in [6.07, 6.45) is -5.02. The zero-order chi connectivity index (χ0) is 24.1. The molecular formula is C22H20ClF4NO3. The molecule has 0 saturated carbocycles. The number of anilines is 1. The first-order valence-corrected chi connectivity index (χ1v) is 9.64. The molecule has 0 spiro atoms. The van der Waals surface area contributed by atoms with Crippen molar-refractivity contribution >= 4 is 29.0 Å². The molecule has 0 N–H and O–H groups in total. The second kappa shape index (κ2) is 8.15. The average molecular weight is 459 g/mol. The molecule has 1 unspecified atom stereocenters. The lowest BCUT2D eigenvalue weighted by atomic mass is 9.88. The van der Waals surface area contributed by atoms with E-state index >= 15 is 4.39 Å². The third-order valence-electron chi connectivity index (χ3n) is 4.94. The third kappa shape index (κ3) is 4.13. The first-order chi connectivity index (χ1) is 14.7. The van der Waals surface area contributed by atoms with E-state index in [9.17, 15) is 22.8 Å². The van der Waals surface area contributed by atoms with Crippen LogP contribution >= 0.6 is 11.6 Å². The van der Waals surface area contributed by atoms with Crippen LogP contribution in [0.3, 0.4) is 0 Å². The van der Waals surface area contributed by atoms with Gasteiger partial charge in [-0.05, 0) is 36.2 Å². The Hall–Kier alpha value is -2.61. The fourth-order valence-electron chi connectivity index (χ4n) is 3.63. The SMILES string of the molecule is [2H]C(C)(C)CC(=O)CN1C(=O)C(F)(c2cc(Cl)ccc2OC)c2ccc(C(F)(F)F)cc21. The van der Waals surface area contributed by atoms with Gasteiger partial charge in [-0.15, -0.1) is 0 Å². The lowest BCUT2D eigenvalue weighted by molar-refractivity contribution is -0.137. The van der Waals surface area contributed by atoms with Gasteiger partial charge in [-0.2, -0.15) is 13.2 Å². The van der Waals surface area contributed by atoms with Crippen molar-refractivity contribution < 1.29 is 33.3 Å². The molecule has 1 atom stereocenters. The predicted molar refractivity (Wildman–Crippen MR) is 108 cm³/mol. The lowest BCUT2D eigenvalue weighted by Crippen LogP contribution is -2.41. The Labute approximate surface area is 183 Å². The van der Waals surface area contributed by atoms with Gasteiger partial charge in [0, 0.05) is 23.9 Å². The summed E-state index contributed by atoms with van der Waals surface area (Å²) in [5.41, 5.74) is -5.02. The van der Waals surface area contributed by atoms with Gasteiger partial charge in [0.25, 0.3) is 5.91 Å². The van der Waals surface area contributed by atoms with Crippen molar-refractivity contribution in [2.45, 2.75) is 32.1 Å². The van der Waals surface area contributed by atoms with Crippen molar-refractivity contribution in [2.24, 2.45) is 5.89 Å². The number of nitrogens with zero attached hydrogens (tertiary/aromatic N) is 1. The Kier molecular flexibility index (Phi) is 5.68. The van der Waals surface area contributed by atoms with E-state index < -0.39 is 41.5 Å². The summed E-state index contributed by atoms with van der Waals surface area (Å²) in [5.74, 6) is -3.02. The number of carbonyl (C=O) groups is 2. The van der Waals surface area contributed by atoms with E-state index in [4.69, 9.17) is 17.7 Å². The molecular weight excluding hydrogens is 438 g/mol. The van der Waals surface area contributed by atoms with Gasteiger partial charge in [0.2, 0.25) is 5.67 Å². The third-order valence-corrected chi connectivity index (χ3v) is 5.18. The highest BCUT2D eigenvalue weighted by atomic mass is 35.5. The Morgan fingerprint density at radius 2 is 1.90 bits per heavy atom. The number of methoxy groups -OCH3 is 1. The van der Waals surface area contributed by atoms with Crippen LogP contribution in [0.15, 0.2) is 36.4 Å². The largest absolute Gasteiger partial charge is 0.496 e. The molecule has 1 amide bonds. The number of ketones is 1. The maximum atomic E-state index is 16.6. The number of alkyl halides is 4. The zero-order valence-corrected chi connectivity index (χ0v) is 17.7. The number of halogens is 5. The molecule has 2 aromatic rings. The van der Waals surface area contributed by atoms with E-state index in [0.717, 1.165) is 12.1 Å². The number of Topliss-reactive ketones (excluding diaryl/α,β-unsaturated/α-hetero) is 1. The van der Waals surface area contributed by atoms with Crippen LogP contribution in [0.4, 0.5) is 23.2 Å². The molecule has 1 heterocycles. The molecule has 1 aliphatic heterocycles. The monoisotopic (exact) mass is 458 g/mol. The summed E-state index contributed by atoms with van der Waals surface area (Å²) >= 11 is 6.00. The smallest absolute Gasteiger partial charge is 0.416 e. The maximum Gasteiger partial charge on any atom is 0.416 e. The number of fused-ring (bicyclic) bond motifs is 1. The van der Waals surface area contributed by atoms with E-state index in [1.165, 1.54) is 33.1 Å². The van der Waals surface area contributed by atoms with E-state index in [-0.39, 0.29) is 34.0 Å². The van der Waals surface area contributed by atoms with Crippen molar-refractivity contribution in [3.63, 3.8) is 0 Å². The minimum atomic E-state index is -4.74. The molecule has 3 rings (SSSR count). The Balaban J connectivity index is 2.20. The van der Waals surface area contributed by atoms with Crippen LogP contribution in [-0.2, 0) is 21.4 Å². The summed E-state index contributed by atoms with van der Waals surface area (Å²) < 4.78 is 69.6. The molecule has 166 valence electrons. The summed E-state index contributed by atoms with van der Waals surface area (Å²) in [7, 11) is 1.25. The summed E-state index contributed by atoms with van der Waals surface area (Å²) in [6.45, 7) is 2.27. The van der Waals surface area contributed by atoms with Gasteiger partial charge < -0.3 is 9.64 Å². The molecule has 9 heteroatoms. The summed E-state index contributed by atoms with van der Waals surface area (Å²) in [5, 5.41) is 0.0876. The van der Waals surface area contributed by atoms with E-state index in [1.807, 2.05) is 0 Å². The van der Waals surface area contributed by atoms with E-state index in [2.05, 4.69) is 0 Å². The molecule has 0 saturated heterocycles. The molecule has 0 fully saturated rings. The molecule has 0 bridgehead atoms. The van der Waals surface area contributed by atoms with E-state index in [1.54, 1.807) is 0 Å². The highest BCUT2D eigenvalue weighted by molar-refractivity contribution is 6.30. The first-order valence-electron chi connectivity index (χ1n) is 9.77. The highest BCUT2D eigenvalue weighted by Crippen LogP contribution is 2.51. The second-order valence-electron chi connectivity index (χ2n) is 7.55. The number of benzene rings is 2. The van der Waals surface area contributed by atoms with Gasteiger partial charge >= 0.3 is 6.18 Å². The molecule has 1 aliphatic rings. The average Bonchev–Trinajstić information content (AvgIpc) is 2.88. The van der Waals surface area contributed by atoms with Gasteiger partial charge in [-0.1, -0.05) is 31.5 Å². The highest BCUT2D eigenvalue weighted by Gasteiger charge is 2.55. The van der Waals surface area contributed by atoms with Crippen LogP contribution in [0.5, 0.6) is 5.75 Å². The topological polar surface area (TPSA) is 46.6 Å². The lowest BCUT2D eigenvalue weighted by Gasteiger charge is -2.23. The van der Waals surface area contributed by atoms with Crippen LogP contribution < -0.4 is 9.64 Å². The quantitative estimate of drug-likeness (QED) is 0.534. The Morgan fingerprint density at radius 3 is 2.48 bits per heavy atom. The minimum absolute atomic E-state index is 0.0310. The number of rotatable bonds is 6. The molecule has 0 aliphatic carbocycles. The van der Waals surface area contributed by atoms with Gasteiger partial charge in [0.1, 0.15) is 5.75 Å². The van der Waals surface area contributed by atoms with Crippen molar-refractivity contribution in [1.29, 1.82) is 0 Å². The number of amides is 1. The standard InChI is InChI=1S/C22H20ClF4NO3/c1-12(2)8-15(29)11-28-18-9-13(22(25,26)27)4-6-16(18)21(24,20(28)30)17-10-14(23)5-7-19(17)31-3/h4-7,9-10,12H,8,11H2,1-3H3/i12D. The number of hydrogen-bond donors (Lipinski definition) is 0. The normalized spacial score (nSPS) is 19.3. The first kappa shape index (κ1) is 21.6. The van der Waals surface area contributed by atoms with Crippen LogP contribution in [0.1, 0.15) is 38.3 Å². The fourth-order valence-corrected chi connectivity index (χ4v) is 3.80. The fraction of sp³-hybridized carbons (Fsp3) is 0.364. The van der Waals surface area contributed by atoms with E-state index in [0.29, 0.717) is 17.0 Å². The van der Waals surface area contributed by atoms with Crippen molar-refractivity contribution in [3.8, 4) is 5.75 Å². The van der Waals surface area contributed by atoms with Crippen molar-refractivity contribution in [3.05, 3.63) is 58.1 Å². The summed E-state index contributed by atoms with van der Waals surface area (Å²) in [4.78, 5) is 26.5. The van der Waals surface area contributed by atoms with Crippen LogP contribution in [0.25, 0.3) is 0 Å². The van der Waals surface area contributed by atoms with Crippen LogP contribution in [0, 0.1) is 5.89 Å². The maximum absolute atomic E-state index is 16.6. The molecule has 31 heavy (non-hydrogen) atoms. The number of ether oxygens (including phenoxy) is 1. The minimum Gasteiger partial charge on any atom is -0.496 e. The van der Waals surface area contributed by atoms with Gasteiger partial charge in [-0.3, -0.25) is 9.59 Å². The summed E-state index contributed by atoms with van der Waals surface area (Å²) in [6, 6.07) is 6.12. The van der Waals surface area contributed by atoms with Crippen LogP contribution in [0.2, 0.25) is 5.02 Å².